The number of nitrogens with two attached hydrogens (primary N) is 1. The molecule has 5 heteroatoms. The number of aromatic nitrogens is 3. The van der Waals surface area contributed by atoms with E-state index >= 15 is 0 Å². The number of hydrogen-bond acceptors (Lipinski definition) is 4. The Labute approximate surface area is 125 Å². The van der Waals surface area contributed by atoms with Crippen LogP contribution in [0.1, 0.15) is 50.3 Å². The lowest BCUT2D eigenvalue weighted by Crippen LogP contribution is -2.30. The first-order valence-corrected chi connectivity index (χ1v) is 7.80. The summed E-state index contributed by atoms with van der Waals surface area (Å²) in [5, 5.41) is 8.27. The number of para-hydroxylation sites is 1. The number of hydrogen-bond donors (Lipinski definition) is 2. The van der Waals surface area contributed by atoms with Crippen molar-refractivity contribution in [3.8, 4) is 5.69 Å². The molecule has 1 atom stereocenters. The summed E-state index contributed by atoms with van der Waals surface area (Å²) in [4.78, 5) is 0. The van der Waals surface area contributed by atoms with E-state index < -0.39 is 0 Å². The molecule has 1 aliphatic carbocycles. The van der Waals surface area contributed by atoms with Crippen molar-refractivity contribution >= 4 is 0 Å². The Hall–Kier alpha value is -1.72. The molecule has 0 aliphatic heterocycles. The maximum Gasteiger partial charge on any atom is 0.0828 e. The van der Waals surface area contributed by atoms with E-state index in [0.717, 1.165) is 23.7 Å². The van der Waals surface area contributed by atoms with E-state index in [4.69, 9.17) is 5.84 Å². The fraction of sp³-hybridized carbons (Fsp3) is 0.500. The molecule has 0 spiro atoms. The zero-order valence-electron chi connectivity index (χ0n) is 12.3. The van der Waals surface area contributed by atoms with Gasteiger partial charge in [0.2, 0.25) is 0 Å². The Morgan fingerprint density at radius 3 is 2.71 bits per heavy atom. The Kier molecular flexibility index (Phi) is 4.62. The standard InChI is InChI=1S/C16H23N5/c17-19-15(11-10-13-6-4-5-7-13)16-12-18-20-21(16)14-8-2-1-3-9-14/h1-3,8-9,12-13,15,19H,4-7,10-11,17H2. The van der Waals surface area contributed by atoms with Crippen LogP contribution >= 0.6 is 0 Å². The average molecular weight is 285 g/mol. The van der Waals surface area contributed by atoms with Crippen molar-refractivity contribution in [3.63, 3.8) is 0 Å². The smallest absolute Gasteiger partial charge is 0.0828 e. The van der Waals surface area contributed by atoms with Gasteiger partial charge in [-0.2, -0.15) is 0 Å². The monoisotopic (exact) mass is 285 g/mol. The Bertz CT molecular complexity index is 545. The lowest BCUT2D eigenvalue weighted by atomic mass is 9.97. The summed E-state index contributed by atoms with van der Waals surface area (Å²) in [5.41, 5.74) is 4.99. The Morgan fingerprint density at radius 1 is 1.24 bits per heavy atom. The highest BCUT2D eigenvalue weighted by atomic mass is 15.4. The predicted octanol–water partition coefficient (Wildman–Crippen LogP) is 2.74. The van der Waals surface area contributed by atoms with Gasteiger partial charge in [-0.15, -0.1) is 5.10 Å². The van der Waals surface area contributed by atoms with Gasteiger partial charge < -0.3 is 0 Å². The van der Waals surface area contributed by atoms with Crippen molar-refractivity contribution in [1.29, 1.82) is 0 Å². The van der Waals surface area contributed by atoms with Crippen LogP contribution in [0, 0.1) is 5.92 Å². The van der Waals surface area contributed by atoms with Gasteiger partial charge in [-0.3, -0.25) is 11.3 Å². The van der Waals surface area contributed by atoms with Crippen LogP contribution in [0.4, 0.5) is 0 Å². The number of nitrogens with zero attached hydrogens (tertiary/aromatic N) is 3. The molecule has 3 N–H and O–H groups in total. The first-order chi connectivity index (χ1) is 10.4. The minimum atomic E-state index is 0.0980. The Balaban J connectivity index is 1.73. The van der Waals surface area contributed by atoms with Gasteiger partial charge in [0.1, 0.15) is 0 Å². The first-order valence-electron chi connectivity index (χ1n) is 7.80. The molecule has 112 valence electrons. The molecule has 1 aliphatic rings. The minimum Gasteiger partial charge on any atom is -0.271 e. The van der Waals surface area contributed by atoms with Crippen molar-refractivity contribution in [2.24, 2.45) is 11.8 Å². The molecule has 1 fully saturated rings. The molecular weight excluding hydrogens is 262 g/mol. The lowest BCUT2D eigenvalue weighted by molar-refractivity contribution is 0.406. The summed E-state index contributed by atoms with van der Waals surface area (Å²) in [6.45, 7) is 0. The molecule has 0 amide bonds. The second-order valence-electron chi connectivity index (χ2n) is 5.85. The van der Waals surface area contributed by atoms with E-state index in [1.165, 1.54) is 32.1 Å². The fourth-order valence-corrected chi connectivity index (χ4v) is 3.27. The van der Waals surface area contributed by atoms with Gasteiger partial charge in [-0.1, -0.05) is 49.1 Å². The summed E-state index contributed by atoms with van der Waals surface area (Å²) >= 11 is 0. The van der Waals surface area contributed by atoms with Gasteiger partial charge in [0, 0.05) is 0 Å². The van der Waals surface area contributed by atoms with Gasteiger partial charge in [-0.25, -0.2) is 4.68 Å². The third kappa shape index (κ3) is 3.31. The number of benzene rings is 1. The maximum atomic E-state index is 5.78. The second-order valence-corrected chi connectivity index (χ2v) is 5.85. The van der Waals surface area contributed by atoms with Gasteiger partial charge >= 0.3 is 0 Å². The zero-order valence-corrected chi connectivity index (χ0v) is 12.3. The van der Waals surface area contributed by atoms with Gasteiger partial charge in [0.05, 0.1) is 23.6 Å². The number of hydrazine groups is 1. The van der Waals surface area contributed by atoms with Crippen LogP contribution in [-0.2, 0) is 0 Å². The highest BCUT2D eigenvalue weighted by molar-refractivity contribution is 5.32. The summed E-state index contributed by atoms with van der Waals surface area (Å²) in [7, 11) is 0. The highest BCUT2D eigenvalue weighted by Gasteiger charge is 2.20. The second kappa shape index (κ2) is 6.83. The number of nitrogens with one attached hydrogen (secondary N) is 1. The first kappa shape index (κ1) is 14.2. The lowest BCUT2D eigenvalue weighted by Gasteiger charge is -2.18. The highest BCUT2D eigenvalue weighted by Crippen LogP contribution is 2.31. The van der Waals surface area contributed by atoms with E-state index in [0.29, 0.717) is 0 Å². The normalized spacial score (nSPS) is 17.2. The summed E-state index contributed by atoms with van der Waals surface area (Å²) in [5.74, 6) is 6.64. The van der Waals surface area contributed by atoms with Gasteiger partial charge in [0.25, 0.3) is 0 Å². The Morgan fingerprint density at radius 2 is 2.00 bits per heavy atom. The molecule has 0 saturated heterocycles. The molecule has 0 radical (unpaired) electrons. The third-order valence-electron chi connectivity index (χ3n) is 4.47. The van der Waals surface area contributed by atoms with Crippen LogP contribution in [-0.4, -0.2) is 15.0 Å². The van der Waals surface area contributed by atoms with Crippen molar-refractivity contribution < 1.29 is 0 Å². The predicted molar refractivity (Wildman–Crippen MR) is 82.6 cm³/mol. The quantitative estimate of drug-likeness (QED) is 0.632. The van der Waals surface area contributed by atoms with Crippen LogP contribution in [0.5, 0.6) is 0 Å². The van der Waals surface area contributed by atoms with Crippen LogP contribution in [0.2, 0.25) is 0 Å². The molecular formula is C16H23N5. The minimum absolute atomic E-state index is 0.0980. The molecule has 1 saturated carbocycles. The molecule has 21 heavy (non-hydrogen) atoms. The van der Waals surface area contributed by atoms with Crippen molar-refractivity contribution in [2.45, 2.75) is 44.6 Å². The van der Waals surface area contributed by atoms with E-state index in [-0.39, 0.29) is 6.04 Å². The van der Waals surface area contributed by atoms with Gasteiger partial charge in [0.15, 0.2) is 0 Å². The summed E-state index contributed by atoms with van der Waals surface area (Å²) in [6.07, 6.45) is 9.56. The van der Waals surface area contributed by atoms with Crippen LogP contribution in [0.3, 0.4) is 0 Å². The van der Waals surface area contributed by atoms with E-state index in [9.17, 15) is 0 Å². The molecule has 3 rings (SSSR count). The molecule has 1 aromatic heterocycles. The number of rotatable bonds is 6. The molecule has 2 aromatic rings. The molecule has 5 nitrogen and oxygen atoms in total. The van der Waals surface area contributed by atoms with Crippen LogP contribution in [0.25, 0.3) is 5.69 Å². The maximum absolute atomic E-state index is 5.78. The summed E-state index contributed by atoms with van der Waals surface area (Å²) in [6, 6.07) is 10.2. The van der Waals surface area contributed by atoms with E-state index in [1.54, 1.807) is 0 Å². The molecule has 1 heterocycles. The SMILES string of the molecule is NNC(CCC1CCCC1)c1cnnn1-c1ccccc1. The molecule has 1 unspecified atom stereocenters. The average Bonchev–Trinajstić information content (AvgIpc) is 3.20. The van der Waals surface area contributed by atoms with Crippen molar-refractivity contribution in [1.82, 2.24) is 20.4 Å². The van der Waals surface area contributed by atoms with Crippen molar-refractivity contribution in [3.05, 3.63) is 42.2 Å². The third-order valence-corrected chi connectivity index (χ3v) is 4.47. The largest absolute Gasteiger partial charge is 0.271 e. The zero-order chi connectivity index (χ0) is 14.5. The fourth-order valence-electron chi connectivity index (χ4n) is 3.27. The van der Waals surface area contributed by atoms with Crippen LogP contribution in [0.15, 0.2) is 36.5 Å². The van der Waals surface area contributed by atoms with Crippen LogP contribution < -0.4 is 11.3 Å². The van der Waals surface area contributed by atoms with Gasteiger partial charge in [-0.05, 0) is 30.9 Å². The van der Waals surface area contributed by atoms with Crippen molar-refractivity contribution in [2.75, 3.05) is 0 Å². The molecule has 0 bridgehead atoms. The topological polar surface area (TPSA) is 68.8 Å². The molecule has 1 aromatic carbocycles. The summed E-state index contributed by atoms with van der Waals surface area (Å²) < 4.78 is 1.87. The van der Waals surface area contributed by atoms with E-state index in [2.05, 4.69) is 15.7 Å². The van der Waals surface area contributed by atoms with E-state index in [1.807, 2.05) is 41.2 Å².